The van der Waals surface area contributed by atoms with E-state index in [9.17, 15) is 0 Å². The van der Waals surface area contributed by atoms with E-state index in [0.717, 1.165) is 94.7 Å². The van der Waals surface area contributed by atoms with Gasteiger partial charge in [0.2, 0.25) is 5.71 Å². The molecule has 0 bridgehead atoms. The van der Waals surface area contributed by atoms with Gasteiger partial charge >= 0.3 is 106 Å². The molecular formula is C60H53GeIrN5O-2. The molecule has 6 aromatic carbocycles. The van der Waals surface area contributed by atoms with Crippen molar-refractivity contribution in [1.29, 1.82) is 0 Å². The first-order valence-electron chi connectivity index (χ1n) is 23.2. The van der Waals surface area contributed by atoms with Crippen molar-refractivity contribution in [1.82, 2.24) is 24.5 Å². The topological polar surface area (TPSA) is 69.6 Å². The zero-order valence-corrected chi connectivity index (χ0v) is 44.2. The SMILES string of the molecule is Cc1c[c-]c(-c2cc[c]([Ge]([CH3])([CH3])[CH3])cn2)cc1.Cc1ccc2ccc3nc(-c4[c-]ccc5c4oc4nc(C(C)C(C)C)ccc45)n(-c4c(-c5ccccc5)cccc4-c4ccccc4)c3c2n1.[Ir]. The summed E-state index contributed by atoms with van der Waals surface area (Å²) in [6, 6.07) is 61.8. The maximum atomic E-state index is 6.72. The molecule has 0 spiro atoms. The van der Waals surface area contributed by atoms with E-state index in [1.807, 2.05) is 25.3 Å². The second-order valence-electron chi connectivity index (χ2n) is 18.9. The van der Waals surface area contributed by atoms with Crippen molar-refractivity contribution in [2.75, 3.05) is 0 Å². The number of nitrogens with zero attached hydrogens (tertiary/aromatic N) is 5. The molecule has 5 heterocycles. The zero-order chi connectivity index (χ0) is 46.4. The average molecular weight is 1120 g/mol. The Morgan fingerprint density at radius 3 is 1.99 bits per heavy atom. The van der Waals surface area contributed by atoms with Crippen LogP contribution in [0.25, 0.3) is 94.6 Å². The third-order valence-electron chi connectivity index (χ3n) is 12.9. The van der Waals surface area contributed by atoms with Crippen molar-refractivity contribution < 1.29 is 24.5 Å². The molecule has 1 atom stereocenters. The van der Waals surface area contributed by atoms with Crippen LogP contribution in [-0.2, 0) is 20.1 Å². The van der Waals surface area contributed by atoms with Crippen LogP contribution in [0, 0.1) is 31.9 Å². The molecule has 0 aliphatic heterocycles. The standard InChI is InChI=1S/C45H35N4O.C15H18GeN.Ir/c1-27(2)29(4)38-26-24-36-35-19-12-20-37(43(35)50-45(36)48-38)44-47-39-25-23-32-22-21-28(3)46-40(32)42(39)49(44)41-33(30-13-7-5-8-14-30)17-11-18-34(41)31-15-9-6-10-16-31;1-12-5-7-13(8-6-12)15-10-9-14(11-17-15)16(2,3)4;/h5-19,21-27,29H,1-4H3;5-7,9-11H,1-4H3;/q2*-1;. The van der Waals surface area contributed by atoms with Crippen LogP contribution in [-0.4, -0.2) is 37.8 Å². The Bertz CT molecular complexity index is 3500. The Labute approximate surface area is 415 Å². The molecule has 339 valence electrons. The van der Waals surface area contributed by atoms with Gasteiger partial charge in [-0.2, -0.15) is 0 Å². The fourth-order valence-electron chi connectivity index (χ4n) is 8.77. The number of furan rings is 1. The molecule has 1 unspecified atom stereocenters. The number of fused-ring (bicyclic) bond motifs is 6. The van der Waals surface area contributed by atoms with Crippen molar-refractivity contribution in [2.24, 2.45) is 5.92 Å². The number of rotatable bonds is 8. The predicted octanol–water partition coefficient (Wildman–Crippen LogP) is 15.1. The van der Waals surface area contributed by atoms with Crippen LogP contribution in [0.2, 0.25) is 17.3 Å². The van der Waals surface area contributed by atoms with Gasteiger partial charge in [0.15, 0.2) is 0 Å². The van der Waals surface area contributed by atoms with E-state index in [1.54, 1.807) is 0 Å². The average Bonchev–Trinajstić information content (AvgIpc) is 3.93. The quantitative estimate of drug-likeness (QED) is 0.112. The molecule has 0 saturated carbocycles. The molecule has 0 amide bonds. The maximum Gasteiger partial charge on any atom is 0.216 e. The van der Waals surface area contributed by atoms with Crippen molar-refractivity contribution >= 4 is 61.7 Å². The smallest absolute Gasteiger partial charge is 0.216 e. The van der Waals surface area contributed by atoms with Gasteiger partial charge in [-0.1, -0.05) is 123 Å². The monoisotopic (exact) mass is 1130 g/mol. The van der Waals surface area contributed by atoms with E-state index in [1.165, 1.54) is 9.96 Å². The number of pyridine rings is 3. The van der Waals surface area contributed by atoms with Gasteiger partial charge in [-0.05, 0) is 48.2 Å². The van der Waals surface area contributed by atoms with Crippen LogP contribution < -0.4 is 4.40 Å². The van der Waals surface area contributed by atoms with Crippen LogP contribution >= 0.6 is 0 Å². The van der Waals surface area contributed by atoms with Gasteiger partial charge in [0, 0.05) is 59.3 Å². The third-order valence-corrected chi connectivity index (χ3v) is 17.2. The van der Waals surface area contributed by atoms with E-state index in [-0.39, 0.29) is 20.1 Å². The van der Waals surface area contributed by atoms with Crippen molar-refractivity contribution in [3.8, 4) is 50.6 Å². The Morgan fingerprint density at radius 2 is 1.35 bits per heavy atom. The predicted molar refractivity (Wildman–Crippen MR) is 281 cm³/mol. The summed E-state index contributed by atoms with van der Waals surface area (Å²) < 4.78 is 10.5. The molecule has 11 aromatic rings. The van der Waals surface area contributed by atoms with Gasteiger partial charge in [0.1, 0.15) is 0 Å². The zero-order valence-electron chi connectivity index (χ0n) is 39.7. The van der Waals surface area contributed by atoms with Gasteiger partial charge in [-0.15, -0.1) is 18.2 Å². The van der Waals surface area contributed by atoms with Gasteiger partial charge < -0.3 is 8.98 Å². The van der Waals surface area contributed by atoms with E-state index < -0.39 is 13.3 Å². The minimum Gasteiger partial charge on any atom is -0.486 e. The van der Waals surface area contributed by atoms with Crippen molar-refractivity contribution in [3.05, 3.63) is 193 Å². The summed E-state index contributed by atoms with van der Waals surface area (Å²) in [5.41, 5.74) is 15.5. The number of aromatic nitrogens is 5. The number of aryl methyl sites for hydroxylation is 2. The second kappa shape index (κ2) is 19.2. The molecule has 5 aromatic heterocycles. The third kappa shape index (κ3) is 8.99. The summed E-state index contributed by atoms with van der Waals surface area (Å²) >= 11 is -1.73. The minimum atomic E-state index is -1.73. The minimum absolute atomic E-state index is 0. The fraction of sp³-hybridized carbons (Fsp3) is 0.167. The number of hydrogen-bond acceptors (Lipinski definition) is 5. The summed E-state index contributed by atoms with van der Waals surface area (Å²) in [4.78, 5) is 20.1. The largest absolute Gasteiger partial charge is 0.486 e. The molecule has 0 fully saturated rings. The Kier molecular flexibility index (Phi) is 13.2. The summed E-state index contributed by atoms with van der Waals surface area (Å²) in [5, 5.41) is 3.02. The first-order valence-corrected chi connectivity index (χ1v) is 30.5. The molecule has 0 saturated heterocycles. The van der Waals surface area contributed by atoms with Crippen LogP contribution in [0.1, 0.15) is 43.6 Å². The Morgan fingerprint density at radius 1 is 0.647 bits per heavy atom. The van der Waals surface area contributed by atoms with E-state index in [0.29, 0.717) is 23.1 Å². The summed E-state index contributed by atoms with van der Waals surface area (Å²) in [6.45, 7) is 10.8. The summed E-state index contributed by atoms with van der Waals surface area (Å²) in [7, 11) is 0. The first-order chi connectivity index (χ1) is 32.4. The molecule has 0 aliphatic carbocycles. The first kappa shape index (κ1) is 46.6. The summed E-state index contributed by atoms with van der Waals surface area (Å²) in [5.74, 6) is 8.65. The molecule has 6 nitrogen and oxygen atoms in total. The molecule has 0 aliphatic rings. The van der Waals surface area contributed by atoms with Gasteiger partial charge in [0.05, 0.1) is 33.6 Å². The molecule has 1 radical (unpaired) electrons. The van der Waals surface area contributed by atoms with E-state index >= 15 is 0 Å². The van der Waals surface area contributed by atoms with Gasteiger partial charge in [-0.25, -0.2) is 4.98 Å². The molecule has 0 N–H and O–H groups in total. The van der Waals surface area contributed by atoms with Crippen molar-refractivity contribution in [2.45, 2.75) is 57.8 Å². The Balaban J connectivity index is 0.000000272. The van der Waals surface area contributed by atoms with Gasteiger partial charge in [0.25, 0.3) is 0 Å². The molecule has 8 heteroatoms. The Hall–Kier alpha value is -6.51. The number of para-hydroxylation sites is 1. The summed E-state index contributed by atoms with van der Waals surface area (Å²) in [6.07, 6.45) is 2.04. The molecular weight excluding hydrogens is 1070 g/mol. The number of benzene rings is 6. The van der Waals surface area contributed by atoms with Gasteiger partial charge in [-0.3, -0.25) is 9.97 Å². The van der Waals surface area contributed by atoms with Crippen LogP contribution in [0.15, 0.2) is 168 Å². The second-order valence-corrected chi connectivity index (χ2v) is 29.6. The van der Waals surface area contributed by atoms with Crippen molar-refractivity contribution in [3.63, 3.8) is 0 Å². The maximum absolute atomic E-state index is 6.72. The fourth-order valence-corrected chi connectivity index (χ4v) is 10.9. The normalized spacial score (nSPS) is 12.1. The molecule has 11 rings (SSSR count). The molecule has 68 heavy (non-hydrogen) atoms. The van der Waals surface area contributed by atoms with E-state index in [2.05, 4.69) is 212 Å². The van der Waals surface area contributed by atoms with Crippen LogP contribution in [0.4, 0.5) is 0 Å². The van der Waals surface area contributed by atoms with Crippen LogP contribution in [0.5, 0.6) is 0 Å². The van der Waals surface area contributed by atoms with Crippen LogP contribution in [0.3, 0.4) is 0 Å². The number of hydrogen-bond donors (Lipinski definition) is 0. The van der Waals surface area contributed by atoms with E-state index in [4.69, 9.17) is 19.4 Å². The number of imidazole rings is 1.